The van der Waals surface area contributed by atoms with Crippen molar-refractivity contribution in [2.45, 2.75) is 19.9 Å². The topological polar surface area (TPSA) is 62.2 Å². The van der Waals surface area contributed by atoms with Crippen molar-refractivity contribution in [2.75, 3.05) is 5.32 Å². The van der Waals surface area contributed by atoms with Crippen molar-refractivity contribution in [3.63, 3.8) is 0 Å². The average molecular weight is 297 g/mol. The van der Waals surface area contributed by atoms with Crippen molar-refractivity contribution < 1.29 is 9.90 Å². The number of thiazole rings is 1. The molecule has 19 heavy (non-hydrogen) atoms. The van der Waals surface area contributed by atoms with E-state index in [1.54, 1.807) is 23.5 Å². The highest BCUT2D eigenvalue weighted by atomic mass is 35.5. The summed E-state index contributed by atoms with van der Waals surface area (Å²) in [5.74, 6) is -1.03. The number of benzene rings is 1. The molecular formula is C13H13ClN2O2S. The van der Waals surface area contributed by atoms with Gasteiger partial charge in [0.15, 0.2) is 0 Å². The molecule has 0 fully saturated rings. The van der Waals surface area contributed by atoms with Crippen LogP contribution in [0.15, 0.2) is 23.6 Å². The minimum Gasteiger partial charge on any atom is -0.478 e. The van der Waals surface area contributed by atoms with Gasteiger partial charge in [0.1, 0.15) is 5.01 Å². The van der Waals surface area contributed by atoms with Gasteiger partial charge in [0.2, 0.25) is 0 Å². The zero-order chi connectivity index (χ0) is 14.0. The second-order valence-electron chi connectivity index (χ2n) is 4.19. The molecule has 1 atom stereocenters. The highest BCUT2D eigenvalue weighted by Gasteiger charge is 2.12. The average Bonchev–Trinajstić information content (AvgIpc) is 2.75. The maximum atomic E-state index is 10.9. The number of anilines is 1. The first kappa shape index (κ1) is 13.8. The van der Waals surface area contributed by atoms with Crippen LogP contribution in [0.5, 0.6) is 0 Å². The summed E-state index contributed by atoms with van der Waals surface area (Å²) in [4.78, 5) is 15.3. The monoisotopic (exact) mass is 296 g/mol. The van der Waals surface area contributed by atoms with Gasteiger partial charge >= 0.3 is 5.97 Å². The maximum absolute atomic E-state index is 10.9. The second kappa shape index (κ2) is 5.59. The molecule has 100 valence electrons. The Labute approximate surface area is 120 Å². The fourth-order valence-electron chi connectivity index (χ4n) is 1.66. The van der Waals surface area contributed by atoms with Crippen LogP contribution in [0.4, 0.5) is 5.69 Å². The predicted octanol–water partition coefficient (Wildman–Crippen LogP) is 3.98. The van der Waals surface area contributed by atoms with E-state index in [0.717, 1.165) is 16.4 Å². The molecule has 0 bridgehead atoms. The van der Waals surface area contributed by atoms with Gasteiger partial charge in [0.25, 0.3) is 0 Å². The molecule has 0 saturated carbocycles. The first-order valence-corrected chi connectivity index (χ1v) is 6.94. The van der Waals surface area contributed by atoms with Gasteiger partial charge in [0, 0.05) is 16.8 Å². The SMILES string of the molecule is Cc1csc(C(C)Nc2ccc(C(=O)O)c(Cl)c2)n1. The third-order valence-corrected chi connectivity index (χ3v) is 4.05. The van der Waals surface area contributed by atoms with Crippen LogP contribution in [0.25, 0.3) is 0 Å². The number of carboxylic acids is 1. The molecule has 0 amide bonds. The lowest BCUT2D eigenvalue weighted by Gasteiger charge is -2.13. The van der Waals surface area contributed by atoms with Gasteiger partial charge in [0.05, 0.1) is 16.6 Å². The van der Waals surface area contributed by atoms with E-state index in [-0.39, 0.29) is 16.6 Å². The van der Waals surface area contributed by atoms with E-state index < -0.39 is 5.97 Å². The first-order chi connectivity index (χ1) is 8.97. The molecule has 0 saturated heterocycles. The molecule has 2 rings (SSSR count). The van der Waals surface area contributed by atoms with E-state index in [2.05, 4.69) is 10.3 Å². The lowest BCUT2D eigenvalue weighted by atomic mass is 10.2. The standard InChI is InChI=1S/C13H13ClN2O2S/c1-7-6-19-12(15-7)8(2)16-9-3-4-10(13(17)18)11(14)5-9/h3-6,8,16H,1-2H3,(H,17,18). The van der Waals surface area contributed by atoms with Crippen LogP contribution < -0.4 is 5.32 Å². The molecule has 0 aliphatic carbocycles. The number of carbonyl (C=O) groups is 1. The summed E-state index contributed by atoms with van der Waals surface area (Å²) < 4.78 is 0. The number of aromatic nitrogens is 1. The normalized spacial score (nSPS) is 12.2. The lowest BCUT2D eigenvalue weighted by Crippen LogP contribution is -2.07. The van der Waals surface area contributed by atoms with E-state index in [4.69, 9.17) is 16.7 Å². The predicted molar refractivity (Wildman–Crippen MR) is 77.3 cm³/mol. The summed E-state index contributed by atoms with van der Waals surface area (Å²) in [6.45, 7) is 3.95. The van der Waals surface area contributed by atoms with E-state index >= 15 is 0 Å². The largest absolute Gasteiger partial charge is 0.478 e. The number of nitrogens with one attached hydrogen (secondary N) is 1. The van der Waals surface area contributed by atoms with E-state index in [1.165, 1.54) is 6.07 Å². The Hall–Kier alpha value is -1.59. The number of halogens is 1. The number of hydrogen-bond donors (Lipinski definition) is 2. The van der Waals surface area contributed by atoms with Gasteiger partial charge in [-0.15, -0.1) is 11.3 Å². The highest BCUT2D eigenvalue weighted by Crippen LogP contribution is 2.26. The summed E-state index contributed by atoms with van der Waals surface area (Å²) in [7, 11) is 0. The zero-order valence-corrected chi connectivity index (χ0v) is 12.0. The molecule has 0 radical (unpaired) electrons. The summed E-state index contributed by atoms with van der Waals surface area (Å²) >= 11 is 7.51. The third kappa shape index (κ3) is 3.24. The van der Waals surface area contributed by atoms with Crippen LogP contribution in [-0.2, 0) is 0 Å². The van der Waals surface area contributed by atoms with Gasteiger partial charge < -0.3 is 10.4 Å². The smallest absolute Gasteiger partial charge is 0.337 e. The van der Waals surface area contributed by atoms with Gasteiger partial charge in [-0.25, -0.2) is 9.78 Å². The Morgan fingerprint density at radius 3 is 2.79 bits per heavy atom. The molecule has 2 N–H and O–H groups in total. The number of aromatic carboxylic acids is 1. The van der Waals surface area contributed by atoms with Gasteiger partial charge in [-0.1, -0.05) is 11.6 Å². The van der Waals surface area contributed by atoms with Crippen LogP contribution in [0.2, 0.25) is 5.02 Å². The first-order valence-electron chi connectivity index (χ1n) is 5.69. The highest BCUT2D eigenvalue weighted by molar-refractivity contribution is 7.09. The van der Waals surface area contributed by atoms with Gasteiger partial charge in [-0.3, -0.25) is 0 Å². The fourth-order valence-corrected chi connectivity index (χ4v) is 2.73. The minimum atomic E-state index is -1.03. The zero-order valence-electron chi connectivity index (χ0n) is 10.5. The number of hydrogen-bond acceptors (Lipinski definition) is 4. The number of carboxylic acid groups (broad SMARTS) is 1. The number of rotatable bonds is 4. The van der Waals surface area contributed by atoms with E-state index in [0.29, 0.717) is 0 Å². The molecule has 1 aromatic heterocycles. The Morgan fingerprint density at radius 2 is 2.26 bits per heavy atom. The molecule has 1 unspecified atom stereocenters. The Morgan fingerprint density at radius 1 is 1.53 bits per heavy atom. The molecule has 6 heteroatoms. The van der Waals surface area contributed by atoms with Crippen molar-refractivity contribution in [3.8, 4) is 0 Å². The van der Waals surface area contributed by atoms with Crippen molar-refractivity contribution in [2.24, 2.45) is 0 Å². The molecule has 0 aliphatic heterocycles. The van der Waals surface area contributed by atoms with Crippen LogP contribution in [-0.4, -0.2) is 16.1 Å². The van der Waals surface area contributed by atoms with Crippen LogP contribution >= 0.6 is 22.9 Å². The molecule has 0 spiro atoms. The van der Waals surface area contributed by atoms with Crippen LogP contribution in [0.1, 0.15) is 34.0 Å². The van der Waals surface area contributed by atoms with Crippen molar-refractivity contribution in [1.29, 1.82) is 0 Å². The Kier molecular flexibility index (Phi) is 4.07. The van der Waals surface area contributed by atoms with E-state index in [1.807, 2.05) is 19.2 Å². The fraction of sp³-hybridized carbons (Fsp3) is 0.231. The van der Waals surface area contributed by atoms with Crippen molar-refractivity contribution >= 4 is 34.6 Å². The summed E-state index contributed by atoms with van der Waals surface area (Å²) in [6.07, 6.45) is 0. The Balaban J connectivity index is 2.15. The molecule has 1 heterocycles. The lowest BCUT2D eigenvalue weighted by molar-refractivity contribution is 0.0697. The molecule has 4 nitrogen and oxygen atoms in total. The number of aryl methyl sites for hydroxylation is 1. The molecule has 2 aromatic rings. The summed E-state index contributed by atoms with van der Waals surface area (Å²) in [5.41, 5.74) is 1.87. The molecule has 0 aliphatic rings. The van der Waals surface area contributed by atoms with Crippen molar-refractivity contribution in [3.05, 3.63) is 44.9 Å². The summed E-state index contributed by atoms with van der Waals surface area (Å²) in [5, 5.41) is 15.4. The van der Waals surface area contributed by atoms with Gasteiger partial charge in [-0.05, 0) is 32.0 Å². The quantitative estimate of drug-likeness (QED) is 0.896. The number of nitrogens with zero attached hydrogens (tertiary/aromatic N) is 1. The van der Waals surface area contributed by atoms with E-state index in [9.17, 15) is 4.79 Å². The van der Waals surface area contributed by atoms with Crippen LogP contribution in [0.3, 0.4) is 0 Å². The Bertz CT molecular complexity index is 612. The molecule has 1 aromatic carbocycles. The van der Waals surface area contributed by atoms with Crippen molar-refractivity contribution in [1.82, 2.24) is 4.98 Å². The second-order valence-corrected chi connectivity index (χ2v) is 5.49. The summed E-state index contributed by atoms with van der Waals surface area (Å²) in [6, 6.07) is 4.85. The maximum Gasteiger partial charge on any atom is 0.337 e. The molecular weight excluding hydrogens is 284 g/mol. The minimum absolute atomic E-state index is 0.0467. The van der Waals surface area contributed by atoms with Crippen LogP contribution in [0, 0.1) is 6.92 Å². The third-order valence-electron chi connectivity index (χ3n) is 2.59. The van der Waals surface area contributed by atoms with Gasteiger partial charge in [-0.2, -0.15) is 0 Å².